The molecule has 0 unspecified atom stereocenters. The van der Waals surface area contributed by atoms with Gasteiger partial charge in [-0.1, -0.05) is 66.7 Å². The molecule has 18 heavy (non-hydrogen) atoms. The molecule has 0 aromatic heterocycles. The van der Waals surface area contributed by atoms with Crippen molar-refractivity contribution in [1.82, 2.24) is 0 Å². The average molecular weight is 237 g/mol. The summed E-state index contributed by atoms with van der Waals surface area (Å²) in [5.74, 6) is -1.14. The highest BCUT2D eigenvalue weighted by Crippen LogP contribution is 2.14. The van der Waals surface area contributed by atoms with Gasteiger partial charge in [0, 0.05) is 5.57 Å². The van der Waals surface area contributed by atoms with Gasteiger partial charge in [0.2, 0.25) is 0 Å². The summed E-state index contributed by atoms with van der Waals surface area (Å²) >= 11 is 0. The van der Waals surface area contributed by atoms with Crippen molar-refractivity contribution in [2.24, 2.45) is 0 Å². The smallest absolute Gasteiger partial charge is 0.0718 e. The first-order chi connectivity index (χ1) is 8.77. The Morgan fingerprint density at radius 1 is 0.944 bits per heavy atom. The maximum atomic E-state index is 11.1. The van der Waals surface area contributed by atoms with E-state index in [1.54, 1.807) is 18.2 Å². The Morgan fingerprint density at radius 3 is 2.06 bits per heavy atom. The van der Waals surface area contributed by atoms with Gasteiger partial charge in [-0.25, -0.2) is 0 Å². The van der Waals surface area contributed by atoms with E-state index in [1.165, 1.54) is 0 Å². The van der Waals surface area contributed by atoms with Gasteiger partial charge >= 0.3 is 0 Å². The quantitative estimate of drug-likeness (QED) is 0.764. The standard InChI is InChI=1S/C16H14O2/c17-16(18)15(14-9-5-2-6-10-14)12-11-13-7-3-1-4-8-13/h1-10,12H,11H2,(H,17,18)/p-1/b15-12-. The van der Waals surface area contributed by atoms with E-state index >= 15 is 0 Å². The third kappa shape index (κ3) is 3.08. The highest BCUT2D eigenvalue weighted by Gasteiger charge is 2.01. The number of hydrogen-bond acceptors (Lipinski definition) is 2. The first-order valence-corrected chi connectivity index (χ1v) is 5.78. The number of hydrogen-bond donors (Lipinski definition) is 0. The highest BCUT2D eigenvalue weighted by molar-refractivity contribution is 6.14. The predicted molar refractivity (Wildman–Crippen MR) is 69.6 cm³/mol. The van der Waals surface area contributed by atoms with Crippen molar-refractivity contribution in [1.29, 1.82) is 0 Å². The second-order valence-electron chi connectivity index (χ2n) is 3.96. The molecule has 0 saturated carbocycles. The van der Waals surface area contributed by atoms with Crippen LogP contribution in [0.5, 0.6) is 0 Å². The predicted octanol–water partition coefficient (Wildman–Crippen LogP) is 2.06. The molecule has 0 aliphatic heterocycles. The minimum absolute atomic E-state index is 0.236. The molecule has 2 nitrogen and oxygen atoms in total. The maximum Gasteiger partial charge on any atom is 0.0718 e. The summed E-state index contributed by atoms with van der Waals surface area (Å²) < 4.78 is 0. The lowest BCUT2D eigenvalue weighted by atomic mass is 10.0. The summed E-state index contributed by atoms with van der Waals surface area (Å²) in [6, 6.07) is 18.8. The van der Waals surface area contributed by atoms with E-state index < -0.39 is 5.97 Å². The fourth-order valence-electron chi connectivity index (χ4n) is 1.77. The topological polar surface area (TPSA) is 40.1 Å². The number of rotatable bonds is 4. The summed E-state index contributed by atoms with van der Waals surface area (Å²) in [6.07, 6.45) is 2.28. The Labute approximate surface area is 106 Å². The van der Waals surface area contributed by atoms with Crippen LogP contribution in [0.4, 0.5) is 0 Å². The average Bonchev–Trinajstić information content (AvgIpc) is 2.41. The van der Waals surface area contributed by atoms with Gasteiger partial charge in [-0.15, -0.1) is 0 Å². The van der Waals surface area contributed by atoms with E-state index in [-0.39, 0.29) is 5.57 Å². The lowest BCUT2D eigenvalue weighted by molar-refractivity contribution is -0.295. The molecule has 0 spiro atoms. The second kappa shape index (κ2) is 5.82. The molecule has 0 N–H and O–H groups in total. The molecule has 2 rings (SSSR count). The fourth-order valence-corrected chi connectivity index (χ4v) is 1.77. The van der Waals surface area contributed by atoms with Crippen molar-refractivity contribution >= 4 is 11.5 Å². The molecule has 90 valence electrons. The van der Waals surface area contributed by atoms with Crippen LogP contribution in [-0.2, 0) is 11.2 Å². The van der Waals surface area contributed by atoms with E-state index in [4.69, 9.17) is 0 Å². The third-order valence-corrected chi connectivity index (χ3v) is 2.69. The maximum absolute atomic E-state index is 11.1. The van der Waals surface area contributed by atoms with Gasteiger partial charge in [-0.3, -0.25) is 0 Å². The van der Waals surface area contributed by atoms with E-state index in [0.717, 1.165) is 5.56 Å². The first-order valence-electron chi connectivity index (χ1n) is 5.78. The summed E-state index contributed by atoms with van der Waals surface area (Å²) in [6.45, 7) is 0. The minimum Gasteiger partial charge on any atom is -0.545 e. The lowest BCUT2D eigenvalue weighted by Gasteiger charge is -2.09. The van der Waals surface area contributed by atoms with E-state index in [2.05, 4.69) is 0 Å². The Bertz CT molecular complexity index is 542. The number of carbonyl (C=O) groups excluding carboxylic acids is 1. The van der Waals surface area contributed by atoms with Gasteiger partial charge < -0.3 is 9.90 Å². The van der Waals surface area contributed by atoms with Crippen molar-refractivity contribution in [2.75, 3.05) is 0 Å². The number of carboxylic acid groups (broad SMARTS) is 1. The van der Waals surface area contributed by atoms with Crippen molar-refractivity contribution in [3.05, 3.63) is 77.9 Å². The first kappa shape index (κ1) is 12.1. The Hall–Kier alpha value is -2.35. The van der Waals surface area contributed by atoms with Gasteiger partial charge in [-0.05, 0) is 17.5 Å². The third-order valence-electron chi connectivity index (χ3n) is 2.69. The highest BCUT2D eigenvalue weighted by atomic mass is 16.4. The Kier molecular flexibility index (Phi) is 3.92. The normalized spacial score (nSPS) is 11.2. The molecule has 0 aliphatic carbocycles. The zero-order valence-corrected chi connectivity index (χ0v) is 9.87. The molecule has 0 fully saturated rings. The fraction of sp³-hybridized carbons (Fsp3) is 0.0625. The van der Waals surface area contributed by atoms with Crippen LogP contribution in [-0.4, -0.2) is 5.97 Å². The molecule has 0 saturated heterocycles. The molecular weight excluding hydrogens is 224 g/mol. The van der Waals surface area contributed by atoms with E-state index in [9.17, 15) is 9.90 Å². The van der Waals surface area contributed by atoms with E-state index in [0.29, 0.717) is 12.0 Å². The van der Waals surface area contributed by atoms with Crippen molar-refractivity contribution < 1.29 is 9.90 Å². The van der Waals surface area contributed by atoms with Crippen LogP contribution in [0.2, 0.25) is 0 Å². The number of benzene rings is 2. The molecule has 0 radical (unpaired) electrons. The zero-order chi connectivity index (χ0) is 12.8. The molecule has 2 heteroatoms. The van der Waals surface area contributed by atoms with E-state index in [1.807, 2.05) is 48.5 Å². The molecule has 0 atom stereocenters. The molecule has 2 aromatic carbocycles. The molecule has 0 heterocycles. The second-order valence-corrected chi connectivity index (χ2v) is 3.96. The van der Waals surface area contributed by atoms with Crippen LogP contribution in [0, 0.1) is 0 Å². The Balaban J connectivity index is 2.24. The van der Waals surface area contributed by atoms with Gasteiger partial charge in [0.1, 0.15) is 0 Å². The van der Waals surface area contributed by atoms with Crippen LogP contribution in [0.1, 0.15) is 11.1 Å². The molecule has 0 amide bonds. The van der Waals surface area contributed by atoms with Gasteiger partial charge in [0.05, 0.1) is 5.97 Å². The largest absolute Gasteiger partial charge is 0.545 e. The van der Waals surface area contributed by atoms with Crippen LogP contribution >= 0.6 is 0 Å². The lowest BCUT2D eigenvalue weighted by Crippen LogP contribution is -2.23. The Morgan fingerprint density at radius 2 is 1.50 bits per heavy atom. The van der Waals surface area contributed by atoms with Crippen molar-refractivity contribution in [3.8, 4) is 0 Å². The van der Waals surface area contributed by atoms with Gasteiger partial charge in [0.25, 0.3) is 0 Å². The summed E-state index contributed by atoms with van der Waals surface area (Å²) in [7, 11) is 0. The van der Waals surface area contributed by atoms with Gasteiger partial charge in [0.15, 0.2) is 0 Å². The van der Waals surface area contributed by atoms with Crippen LogP contribution in [0.15, 0.2) is 66.7 Å². The molecular formula is C16H13O2-. The zero-order valence-electron chi connectivity index (χ0n) is 9.87. The van der Waals surface area contributed by atoms with Gasteiger partial charge in [-0.2, -0.15) is 0 Å². The van der Waals surface area contributed by atoms with Crippen molar-refractivity contribution in [2.45, 2.75) is 6.42 Å². The number of aliphatic carboxylic acids is 1. The minimum atomic E-state index is -1.14. The van der Waals surface area contributed by atoms with Crippen LogP contribution < -0.4 is 5.11 Å². The summed E-state index contributed by atoms with van der Waals surface area (Å²) in [5, 5.41) is 11.1. The van der Waals surface area contributed by atoms with Crippen molar-refractivity contribution in [3.63, 3.8) is 0 Å². The summed E-state index contributed by atoms with van der Waals surface area (Å²) in [5.41, 5.74) is 1.99. The molecule has 2 aromatic rings. The monoisotopic (exact) mass is 237 g/mol. The number of allylic oxidation sites excluding steroid dienone is 1. The number of carbonyl (C=O) groups is 1. The molecule has 0 bridgehead atoms. The van der Waals surface area contributed by atoms with Crippen LogP contribution in [0.25, 0.3) is 5.57 Å². The SMILES string of the molecule is O=C([O-])/C(=C\Cc1ccccc1)c1ccccc1. The molecule has 0 aliphatic rings. The van der Waals surface area contributed by atoms with Crippen LogP contribution in [0.3, 0.4) is 0 Å². The summed E-state index contributed by atoms with van der Waals surface area (Å²) in [4.78, 5) is 11.1. The number of carboxylic acids is 1.